The molecule has 8 nitrogen and oxygen atoms in total. The molecule has 0 saturated heterocycles. The van der Waals surface area contributed by atoms with E-state index in [0.29, 0.717) is 26.0 Å². The highest BCUT2D eigenvalue weighted by Crippen LogP contribution is 2.37. The van der Waals surface area contributed by atoms with Crippen LogP contribution in [0.1, 0.15) is 26.5 Å². The van der Waals surface area contributed by atoms with Gasteiger partial charge in [-0.15, -0.1) is 0 Å². The van der Waals surface area contributed by atoms with E-state index in [2.05, 4.69) is 36.6 Å². The molecule has 0 bridgehead atoms. The van der Waals surface area contributed by atoms with Crippen LogP contribution in [0.25, 0.3) is 16.6 Å². The van der Waals surface area contributed by atoms with Crippen molar-refractivity contribution in [2.75, 3.05) is 11.9 Å². The van der Waals surface area contributed by atoms with Crippen molar-refractivity contribution < 1.29 is 22.8 Å². The number of fused-ring (bicyclic) bond motifs is 1. The minimum Gasteiger partial charge on any atom is -0.339 e. The van der Waals surface area contributed by atoms with Crippen molar-refractivity contribution in [2.24, 2.45) is 0 Å². The fourth-order valence-corrected chi connectivity index (χ4v) is 4.30. The number of anilines is 1. The summed E-state index contributed by atoms with van der Waals surface area (Å²) in [5.74, 6) is -2.03. The van der Waals surface area contributed by atoms with E-state index in [4.69, 9.17) is 28.5 Å². The number of hydrogen-bond donors (Lipinski definition) is 2. The molecule has 37 heavy (non-hydrogen) atoms. The minimum absolute atomic E-state index is 0.0431. The molecule has 0 fully saturated rings. The van der Waals surface area contributed by atoms with Gasteiger partial charge in [0.1, 0.15) is 12.2 Å². The van der Waals surface area contributed by atoms with Gasteiger partial charge in [0.25, 0.3) is 11.8 Å². The number of alkyl halides is 3. The predicted octanol–water partition coefficient (Wildman–Crippen LogP) is 6.01. The number of nitrogens with zero attached hydrogens (tertiary/aromatic N) is 4. The molecule has 2 aromatic carbocycles. The summed E-state index contributed by atoms with van der Waals surface area (Å²) in [6.45, 7) is -0.333. The number of aromatic nitrogens is 3. The Balaban J connectivity index is 1.86. The van der Waals surface area contributed by atoms with Crippen LogP contribution in [0.4, 0.5) is 18.9 Å². The number of carbonyl (C=O) groups is 2. The quantitative estimate of drug-likeness (QED) is 0.268. The average molecular weight is 612 g/mol. The van der Waals surface area contributed by atoms with E-state index in [9.17, 15) is 22.8 Å². The number of pyridine rings is 1. The first-order chi connectivity index (χ1) is 17.5. The molecule has 14 heteroatoms. The predicted molar refractivity (Wildman–Crippen MR) is 134 cm³/mol. The van der Waals surface area contributed by atoms with Gasteiger partial charge in [-0.3, -0.25) is 9.59 Å². The Kier molecular flexibility index (Phi) is 7.40. The van der Waals surface area contributed by atoms with E-state index in [1.165, 1.54) is 24.4 Å². The van der Waals surface area contributed by atoms with Crippen LogP contribution in [0.15, 0.2) is 53.1 Å². The number of rotatable bonds is 5. The summed E-state index contributed by atoms with van der Waals surface area (Å²) in [6.07, 6.45) is -3.61. The van der Waals surface area contributed by atoms with Gasteiger partial charge in [0.15, 0.2) is 11.5 Å². The highest BCUT2D eigenvalue weighted by molar-refractivity contribution is 9.10. The van der Waals surface area contributed by atoms with Crippen LogP contribution >= 0.6 is 39.1 Å². The molecule has 0 unspecified atom stereocenters. The van der Waals surface area contributed by atoms with Crippen molar-refractivity contribution in [3.8, 4) is 11.9 Å². The van der Waals surface area contributed by atoms with Gasteiger partial charge in [-0.2, -0.15) is 23.5 Å². The molecule has 0 aliphatic carbocycles. The molecule has 2 amide bonds. The number of benzene rings is 2. The summed E-state index contributed by atoms with van der Waals surface area (Å²) < 4.78 is 41.8. The fourth-order valence-electron chi connectivity index (χ4n) is 3.40. The molecule has 0 radical (unpaired) electrons. The van der Waals surface area contributed by atoms with Gasteiger partial charge in [-0.05, 0) is 35.7 Å². The van der Waals surface area contributed by atoms with Crippen molar-refractivity contribution in [3.63, 3.8) is 0 Å². The molecule has 0 spiro atoms. The molecule has 0 saturated carbocycles. The van der Waals surface area contributed by atoms with Gasteiger partial charge < -0.3 is 10.6 Å². The Labute approximate surface area is 225 Å². The lowest BCUT2D eigenvalue weighted by Gasteiger charge is -2.16. The number of nitriles is 1. The molecule has 4 rings (SSSR count). The lowest BCUT2D eigenvalue weighted by Crippen LogP contribution is -2.26. The summed E-state index contributed by atoms with van der Waals surface area (Å²) in [6, 6.07) is 11.6. The topological polar surface area (TPSA) is 113 Å². The molecule has 0 atom stereocenters. The molecule has 2 aromatic heterocycles. The van der Waals surface area contributed by atoms with Crippen LogP contribution in [0.5, 0.6) is 0 Å². The molecule has 4 aromatic rings. The lowest BCUT2D eigenvalue weighted by molar-refractivity contribution is -0.141. The van der Waals surface area contributed by atoms with E-state index >= 15 is 0 Å². The Bertz CT molecular complexity index is 1600. The van der Waals surface area contributed by atoms with E-state index in [1.807, 2.05) is 0 Å². The number of carbonyl (C=O) groups excluding carboxylic acids is 2. The number of halogens is 6. The summed E-state index contributed by atoms with van der Waals surface area (Å²) >= 11 is 16.0. The zero-order valence-corrected chi connectivity index (χ0v) is 21.3. The lowest BCUT2D eigenvalue weighted by atomic mass is 10.0. The first-order valence-corrected chi connectivity index (χ1v) is 11.7. The van der Waals surface area contributed by atoms with Crippen molar-refractivity contribution in [1.82, 2.24) is 20.1 Å². The van der Waals surface area contributed by atoms with Gasteiger partial charge in [-0.1, -0.05) is 45.2 Å². The highest BCUT2D eigenvalue weighted by atomic mass is 79.9. The maximum absolute atomic E-state index is 13.5. The third-order valence-electron chi connectivity index (χ3n) is 5.02. The zero-order chi connectivity index (χ0) is 26.9. The third kappa shape index (κ3) is 5.39. The van der Waals surface area contributed by atoms with Crippen molar-refractivity contribution in [3.05, 3.63) is 80.1 Å². The Morgan fingerprint density at radius 2 is 1.89 bits per heavy atom. The molecule has 188 valence electrons. The Morgan fingerprint density at radius 1 is 1.14 bits per heavy atom. The van der Waals surface area contributed by atoms with E-state index < -0.39 is 29.4 Å². The molecular formula is C23H12BrCl2F3N6O2. The SMILES string of the molecule is N#CCNC(=O)c1cc2cc(Br)ccc2c(Cl)c1NC(=O)c1cc(C(F)(F)F)nn1-c1ncccc1Cl. The first-order valence-electron chi connectivity index (χ1n) is 10.2. The van der Waals surface area contributed by atoms with Crippen LogP contribution in [0.2, 0.25) is 10.0 Å². The van der Waals surface area contributed by atoms with E-state index in [0.717, 1.165) is 0 Å². The summed E-state index contributed by atoms with van der Waals surface area (Å²) in [4.78, 5) is 30.1. The smallest absolute Gasteiger partial charge is 0.339 e. The molecule has 2 N–H and O–H groups in total. The van der Waals surface area contributed by atoms with Crippen molar-refractivity contribution >= 4 is 67.4 Å². The highest BCUT2D eigenvalue weighted by Gasteiger charge is 2.37. The molecule has 2 heterocycles. The standard InChI is InChI=1S/C23H12BrCl2F3N6O2/c24-12-3-4-13-11(8-12)9-14(21(36)32-7-5-30)19(18(13)26)33-22(37)16-10-17(23(27,28)29)34-35(16)20-15(25)2-1-6-31-20/h1-4,6,8-10H,7H2,(H,32,36)(H,33,37). The number of nitrogens with one attached hydrogen (secondary N) is 2. The van der Waals surface area contributed by atoms with Gasteiger partial charge in [0.05, 0.1) is 27.4 Å². The van der Waals surface area contributed by atoms with Gasteiger partial charge in [-0.25, -0.2) is 9.67 Å². The van der Waals surface area contributed by atoms with E-state index in [1.54, 1.807) is 24.3 Å². The monoisotopic (exact) mass is 610 g/mol. The molecule has 0 aliphatic heterocycles. The zero-order valence-electron chi connectivity index (χ0n) is 18.2. The average Bonchev–Trinajstić information content (AvgIpc) is 3.30. The fraction of sp³-hybridized carbons (Fsp3) is 0.0870. The maximum atomic E-state index is 13.5. The van der Waals surface area contributed by atoms with Crippen LogP contribution in [-0.4, -0.2) is 33.1 Å². The van der Waals surface area contributed by atoms with Gasteiger partial charge >= 0.3 is 6.18 Å². The molecular weight excluding hydrogens is 600 g/mol. The Morgan fingerprint density at radius 3 is 2.57 bits per heavy atom. The second-order valence-electron chi connectivity index (χ2n) is 7.41. The van der Waals surface area contributed by atoms with Crippen LogP contribution in [-0.2, 0) is 6.18 Å². The molecule has 0 aliphatic rings. The number of hydrogen-bond acceptors (Lipinski definition) is 5. The van der Waals surface area contributed by atoms with Crippen LogP contribution in [0, 0.1) is 11.3 Å². The normalized spacial score (nSPS) is 11.3. The van der Waals surface area contributed by atoms with Crippen molar-refractivity contribution in [2.45, 2.75) is 6.18 Å². The second kappa shape index (κ2) is 10.4. The summed E-state index contributed by atoms with van der Waals surface area (Å²) in [5.41, 5.74) is -2.22. The third-order valence-corrected chi connectivity index (χ3v) is 6.20. The van der Waals surface area contributed by atoms with E-state index in [-0.39, 0.29) is 33.7 Å². The minimum atomic E-state index is -4.88. The number of amides is 2. The second-order valence-corrected chi connectivity index (χ2v) is 9.11. The van der Waals surface area contributed by atoms with Crippen molar-refractivity contribution in [1.29, 1.82) is 5.26 Å². The largest absolute Gasteiger partial charge is 0.435 e. The maximum Gasteiger partial charge on any atom is 0.435 e. The van der Waals surface area contributed by atoms with Crippen LogP contribution in [0.3, 0.4) is 0 Å². The summed E-state index contributed by atoms with van der Waals surface area (Å²) in [7, 11) is 0. The summed E-state index contributed by atoms with van der Waals surface area (Å²) in [5, 5.41) is 18.0. The van der Waals surface area contributed by atoms with Crippen LogP contribution < -0.4 is 10.6 Å². The van der Waals surface area contributed by atoms with Gasteiger partial charge in [0, 0.05) is 22.1 Å². The first kappa shape index (κ1) is 26.4. The Hall–Kier alpha value is -3.66. The van der Waals surface area contributed by atoms with Gasteiger partial charge in [0.2, 0.25) is 0 Å².